The van der Waals surface area contributed by atoms with Gasteiger partial charge in [0, 0.05) is 11.1 Å². The van der Waals surface area contributed by atoms with E-state index >= 15 is 0 Å². The normalized spacial score (nSPS) is 12.4. The summed E-state index contributed by atoms with van der Waals surface area (Å²) in [5.41, 5.74) is 0.385. The molecule has 2 rings (SSSR count). The monoisotopic (exact) mass is 334 g/mol. The molecule has 0 amide bonds. The van der Waals surface area contributed by atoms with E-state index in [4.69, 9.17) is 34.8 Å². The van der Waals surface area contributed by atoms with Crippen LogP contribution >= 0.6 is 34.8 Å². The van der Waals surface area contributed by atoms with Gasteiger partial charge < -0.3 is 0 Å². The fourth-order valence-electron chi connectivity index (χ4n) is 1.66. The first-order chi connectivity index (χ1) is 9.43. The van der Waals surface area contributed by atoms with Gasteiger partial charge >= 0.3 is 0 Å². The highest BCUT2D eigenvalue weighted by atomic mass is 35.5. The molecule has 1 unspecified atom stereocenters. The molecule has 1 aromatic heterocycles. The van der Waals surface area contributed by atoms with Gasteiger partial charge in [-0.15, -0.1) is 16.7 Å². The van der Waals surface area contributed by atoms with Crippen LogP contribution in [0.2, 0.25) is 10.0 Å². The molecule has 0 fully saturated rings. The highest BCUT2D eigenvalue weighted by Crippen LogP contribution is 2.34. The highest BCUT2D eigenvalue weighted by Gasteiger charge is 2.22. The van der Waals surface area contributed by atoms with Crippen LogP contribution in [-0.2, 0) is 0 Å². The van der Waals surface area contributed by atoms with Crippen LogP contribution in [0.3, 0.4) is 0 Å². The summed E-state index contributed by atoms with van der Waals surface area (Å²) in [6.45, 7) is 1.90. The van der Waals surface area contributed by atoms with E-state index in [0.29, 0.717) is 12.1 Å². The molecule has 0 saturated heterocycles. The number of hydrogen-bond donors (Lipinski definition) is 0. The number of nitro benzene ring substituents is 1. The maximum Gasteiger partial charge on any atom is 0.297 e. The van der Waals surface area contributed by atoms with Gasteiger partial charge in [-0.3, -0.25) is 10.1 Å². The molecule has 1 aromatic carbocycles. The lowest BCUT2D eigenvalue weighted by Crippen LogP contribution is -2.02. The fraction of sp³-hybridized carbons (Fsp3) is 0.273. The Morgan fingerprint density at radius 2 is 2.15 bits per heavy atom. The minimum absolute atomic E-state index is 0.111. The lowest BCUT2D eigenvalue weighted by Gasteiger charge is -2.05. The van der Waals surface area contributed by atoms with Crippen molar-refractivity contribution in [1.29, 1.82) is 0 Å². The first kappa shape index (κ1) is 15.0. The third-order valence-corrected chi connectivity index (χ3v) is 3.66. The zero-order valence-electron chi connectivity index (χ0n) is 10.3. The molecule has 1 atom stereocenters. The summed E-state index contributed by atoms with van der Waals surface area (Å²) < 4.78 is 1.23. The molecule has 20 heavy (non-hydrogen) atoms. The molecule has 0 aliphatic heterocycles. The van der Waals surface area contributed by atoms with E-state index in [1.165, 1.54) is 23.0 Å². The van der Waals surface area contributed by atoms with Gasteiger partial charge in [-0.2, -0.15) is 0 Å². The number of nitro groups is 1. The first-order valence-corrected chi connectivity index (χ1v) is 6.83. The predicted molar refractivity (Wildman–Crippen MR) is 76.9 cm³/mol. The maximum atomic E-state index is 11.1. The number of benzene rings is 1. The van der Waals surface area contributed by atoms with E-state index in [1.54, 1.807) is 0 Å². The van der Waals surface area contributed by atoms with Gasteiger partial charge in [-0.25, -0.2) is 4.68 Å². The predicted octanol–water partition coefficient (Wildman–Crippen LogP) is 4.17. The van der Waals surface area contributed by atoms with Gasteiger partial charge in [0.1, 0.15) is 5.69 Å². The van der Waals surface area contributed by atoms with E-state index < -0.39 is 4.92 Å². The lowest BCUT2D eigenvalue weighted by molar-refractivity contribution is -0.384. The second-order valence-corrected chi connectivity index (χ2v) is 5.35. The first-order valence-electron chi connectivity index (χ1n) is 5.64. The number of rotatable bonds is 4. The molecular weight excluding hydrogens is 327 g/mol. The molecule has 2 aromatic rings. The van der Waals surface area contributed by atoms with Crippen molar-refractivity contribution in [2.75, 3.05) is 0 Å². The number of hydrogen-bond acceptors (Lipinski definition) is 4. The Bertz CT molecular complexity index is 659. The van der Waals surface area contributed by atoms with E-state index in [-0.39, 0.29) is 26.8 Å². The average Bonchev–Trinajstić information content (AvgIpc) is 2.86. The summed E-state index contributed by atoms with van der Waals surface area (Å²) in [7, 11) is 0. The van der Waals surface area contributed by atoms with Crippen molar-refractivity contribution < 1.29 is 4.92 Å². The van der Waals surface area contributed by atoms with Crippen molar-refractivity contribution in [1.82, 2.24) is 15.0 Å². The van der Waals surface area contributed by atoms with Crippen molar-refractivity contribution in [3.05, 3.63) is 44.2 Å². The summed E-state index contributed by atoms with van der Waals surface area (Å²) in [5, 5.41) is 18.8. The van der Waals surface area contributed by atoms with Gasteiger partial charge in [0.15, 0.2) is 5.69 Å². The number of aromatic nitrogens is 3. The zero-order valence-corrected chi connectivity index (χ0v) is 12.5. The third kappa shape index (κ3) is 2.87. The Kier molecular flexibility index (Phi) is 4.47. The van der Waals surface area contributed by atoms with Gasteiger partial charge in [0.2, 0.25) is 0 Å². The highest BCUT2D eigenvalue weighted by molar-refractivity contribution is 6.36. The van der Waals surface area contributed by atoms with Crippen LogP contribution in [0.25, 0.3) is 5.69 Å². The summed E-state index contributed by atoms with van der Waals surface area (Å²) in [6, 6.07) is 2.62. The minimum Gasteiger partial charge on any atom is -0.258 e. The Morgan fingerprint density at radius 3 is 2.75 bits per heavy atom. The van der Waals surface area contributed by atoms with Crippen LogP contribution in [0, 0.1) is 10.1 Å². The van der Waals surface area contributed by atoms with Crippen LogP contribution < -0.4 is 0 Å². The third-order valence-electron chi connectivity index (χ3n) is 2.62. The summed E-state index contributed by atoms with van der Waals surface area (Å²) in [5.74, 6) is 0. The van der Waals surface area contributed by atoms with Gasteiger partial charge in [0.25, 0.3) is 5.69 Å². The van der Waals surface area contributed by atoms with Gasteiger partial charge in [0.05, 0.1) is 21.5 Å². The molecule has 0 spiro atoms. The molecule has 6 nitrogen and oxygen atoms in total. The second-order valence-electron chi connectivity index (χ2n) is 3.98. The average molecular weight is 336 g/mol. The van der Waals surface area contributed by atoms with Crippen LogP contribution in [-0.4, -0.2) is 19.9 Å². The van der Waals surface area contributed by atoms with Crippen molar-refractivity contribution >= 4 is 40.5 Å². The molecule has 0 bridgehead atoms. The van der Waals surface area contributed by atoms with Gasteiger partial charge in [-0.05, 0) is 12.5 Å². The Labute approximate surface area is 129 Å². The number of nitrogens with zero attached hydrogens (tertiary/aromatic N) is 4. The number of halogens is 3. The minimum atomic E-state index is -0.577. The molecule has 0 aliphatic carbocycles. The molecule has 0 N–H and O–H groups in total. The topological polar surface area (TPSA) is 73.8 Å². The van der Waals surface area contributed by atoms with E-state index in [9.17, 15) is 10.1 Å². The lowest BCUT2D eigenvalue weighted by atomic mass is 10.2. The van der Waals surface area contributed by atoms with E-state index in [1.807, 2.05) is 6.92 Å². The smallest absolute Gasteiger partial charge is 0.258 e. The standard InChI is InChI=1S/C11H9Cl3N4O2/c1-2-7(13)9-5-17(16-15-9)11-8(14)3-6(12)4-10(11)18(19)20/h3-5,7H,2H2,1H3. The second kappa shape index (κ2) is 5.95. The Morgan fingerprint density at radius 1 is 1.45 bits per heavy atom. The van der Waals surface area contributed by atoms with E-state index in [0.717, 1.165) is 0 Å². The van der Waals surface area contributed by atoms with Gasteiger partial charge in [-0.1, -0.05) is 35.3 Å². The van der Waals surface area contributed by atoms with Crippen LogP contribution in [0.15, 0.2) is 18.3 Å². The quantitative estimate of drug-likeness (QED) is 0.477. The SMILES string of the molecule is CCC(Cl)c1cn(-c2c(Cl)cc(Cl)cc2[N+](=O)[O-])nn1. The Balaban J connectivity index is 2.57. The molecule has 106 valence electrons. The zero-order chi connectivity index (χ0) is 14.9. The van der Waals surface area contributed by atoms with Crippen molar-refractivity contribution in [2.24, 2.45) is 0 Å². The Hall–Kier alpha value is -1.37. The maximum absolute atomic E-state index is 11.1. The van der Waals surface area contributed by atoms with Crippen molar-refractivity contribution in [3.8, 4) is 5.69 Å². The van der Waals surface area contributed by atoms with E-state index in [2.05, 4.69) is 10.3 Å². The summed E-state index contributed by atoms with van der Waals surface area (Å²) in [6.07, 6.45) is 2.18. The van der Waals surface area contributed by atoms with Crippen LogP contribution in [0.5, 0.6) is 0 Å². The van der Waals surface area contributed by atoms with Crippen LogP contribution in [0.4, 0.5) is 5.69 Å². The summed E-state index contributed by atoms with van der Waals surface area (Å²) in [4.78, 5) is 10.5. The van der Waals surface area contributed by atoms with Crippen LogP contribution in [0.1, 0.15) is 24.4 Å². The molecule has 0 aliphatic rings. The molecule has 0 radical (unpaired) electrons. The largest absolute Gasteiger partial charge is 0.297 e. The van der Waals surface area contributed by atoms with Crippen molar-refractivity contribution in [2.45, 2.75) is 18.7 Å². The fourth-order valence-corrected chi connectivity index (χ4v) is 2.33. The molecule has 9 heteroatoms. The molecule has 0 saturated carbocycles. The molecule has 1 heterocycles. The summed E-state index contributed by atoms with van der Waals surface area (Å²) >= 11 is 17.9. The molecular formula is C11H9Cl3N4O2. The van der Waals surface area contributed by atoms with Crippen molar-refractivity contribution in [3.63, 3.8) is 0 Å². The number of alkyl halides is 1.